The summed E-state index contributed by atoms with van der Waals surface area (Å²) < 4.78 is 0. The van der Waals surface area contributed by atoms with Gasteiger partial charge in [0, 0.05) is 24.3 Å². The first-order valence-electron chi connectivity index (χ1n) is 10.9. The third-order valence-corrected chi connectivity index (χ3v) is 5.31. The monoisotopic (exact) mass is 439 g/mol. The van der Waals surface area contributed by atoms with Crippen molar-refractivity contribution < 1.29 is 9.59 Å². The topological polar surface area (TPSA) is 77.4 Å². The van der Waals surface area contributed by atoms with Crippen LogP contribution >= 0.6 is 0 Å². The third kappa shape index (κ3) is 4.82. The number of nitrogens with one attached hydrogen (secondary N) is 1. The molecule has 0 aromatic heterocycles. The Bertz CT molecular complexity index is 1180. The number of benzene rings is 3. The van der Waals surface area contributed by atoms with Gasteiger partial charge in [0.05, 0.1) is 11.4 Å². The Morgan fingerprint density at radius 3 is 2.12 bits per heavy atom. The van der Waals surface area contributed by atoms with Gasteiger partial charge in [0.2, 0.25) is 0 Å². The fourth-order valence-corrected chi connectivity index (χ4v) is 3.55. The highest BCUT2D eigenvalue weighted by Gasteiger charge is 2.34. The lowest BCUT2D eigenvalue weighted by molar-refractivity contribution is -0.112. The molecule has 7 heteroatoms. The molecule has 0 saturated heterocycles. The standard InChI is InChI=1S/C26H25N5O2/c1-3-30(4-2)21-17-15-20(16-18-21)27-23-24(28-25(32)19-11-7-5-8-12-19)29-31(26(23)33)22-13-9-6-10-14-22/h5-18H,3-4H2,1-2H3,(H,28,29,32). The van der Waals surface area contributed by atoms with Crippen molar-refractivity contribution in [3.05, 3.63) is 90.5 Å². The molecule has 0 unspecified atom stereocenters. The number of para-hydroxylation sites is 1. The largest absolute Gasteiger partial charge is 0.372 e. The SMILES string of the molecule is CCN(CC)c1ccc(N=C2C(=O)N(c3ccccc3)N=C2NC(=O)c2ccccc2)cc1. The van der Waals surface area contributed by atoms with Crippen LogP contribution in [0.1, 0.15) is 24.2 Å². The van der Waals surface area contributed by atoms with Crippen LogP contribution in [-0.4, -0.2) is 36.5 Å². The quantitative estimate of drug-likeness (QED) is 0.619. The predicted octanol–water partition coefficient (Wildman–Crippen LogP) is 4.40. The summed E-state index contributed by atoms with van der Waals surface area (Å²) in [7, 11) is 0. The zero-order valence-electron chi connectivity index (χ0n) is 18.6. The fraction of sp³-hybridized carbons (Fsp3) is 0.154. The van der Waals surface area contributed by atoms with Gasteiger partial charge in [0.1, 0.15) is 0 Å². The lowest BCUT2D eigenvalue weighted by Gasteiger charge is -2.20. The molecule has 4 rings (SSSR count). The number of hydrogen-bond donors (Lipinski definition) is 1. The van der Waals surface area contributed by atoms with Crippen LogP contribution in [0.3, 0.4) is 0 Å². The van der Waals surface area contributed by atoms with E-state index < -0.39 is 5.91 Å². The number of rotatable bonds is 6. The summed E-state index contributed by atoms with van der Waals surface area (Å²) in [6, 6.07) is 25.5. The van der Waals surface area contributed by atoms with Gasteiger partial charge >= 0.3 is 5.91 Å². The first-order chi connectivity index (χ1) is 16.1. The lowest BCUT2D eigenvalue weighted by Crippen LogP contribution is -2.37. The fourth-order valence-electron chi connectivity index (χ4n) is 3.55. The van der Waals surface area contributed by atoms with Crippen LogP contribution in [0.2, 0.25) is 0 Å². The molecule has 0 spiro atoms. The predicted molar refractivity (Wildman–Crippen MR) is 132 cm³/mol. The van der Waals surface area contributed by atoms with Crippen molar-refractivity contribution >= 4 is 40.4 Å². The second-order valence-corrected chi connectivity index (χ2v) is 7.37. The second kappa shape index (κ2) is 9.91. The zero-order valence-corrected chi connectivity index (χ0v) is 18.6. The Morgan fingerprint density at radius 1 is 0.909 bits per heavy atom. The zero-order chi connectivity index (χ0) is 23.2. The molecule has 1 aliphatic heterocycles. The van der Waals surface area contributed by atoms with Crippen molar-refractivity contribution in [1.29, 1.82) is 0 Å². The number of carbonyl (C=O) groups excluding carboxylic acids is 2. The summed E-state index contributed by atoms with van der Waals surface area (Å²) in [6.45, 7) is 6.00. The van der Waals surface area contributed by atoms with Gasteiger partial charge in [0.15, 0.2) is 11.5 Å². The highest BCUT2D eigenvalue weighted by atomic mass is 16.2. The number of amides is 2. The van der Waals surface area contributed by atoms with Gasteiger partial charge in [-0.05, 0) is 62.4 Å². The second-order valence-electron chi connectivity index (χ2n) is 7.37. The number of hydrogen-bond acceptors (Lipinski definition) is 5. The molecule has 166 valence electrons. The average molecular weight is 440 g/mol. The molecule has 0 bridgehead atoms. The van der Waals surface area contributed by atoms with E-state index in [2.05, 4.69) is 34.2 Å². The maximum absolute atomic E-state index is 13.2. The van der Waals surface area contributed by atoms with Gasteiger partial charge < -0.3 is 10.2 Å². The number of carbonyl (C=O) groups is 2. The summed E-state index contributed by atoms with van der Waals surface area (Å²) >= 11 is 0. The minimum atomic E-state index is -0.405. The number of amidine groups is 1. The van der Waals surface area contributed by atoms with Crippen LogP contribution in [-0.2, 0) is 4.79 Å². The summed E-state index contributed by atoms with van der Waals surface area (Å²) in [5.41, 5.74) is 2.83. The van der Waals surface area contributed by atoms with E-state index in [1.807, 2.05) is 48.5 Å². The molecule has 1 heterocycles. The first-order valence-corrected chi connectivity index (χ1v) is 10.9. The normalized spacial score (nSPS) is 14.4. The molecule has 1 aliphatic rings. The summed E-state index contributed by atoms with van der Waals surface area (Å²) in [6.07, 6.45) is 0. The maximum Gasteiger partial charge on any atom is 0.301 e. The Hall–Kier alpha value is -4.26. The van der Waals surface area contributed by atoms with Crippen LogP contribution in [0.25, 0.3) is 0 Å². The molecule has 0 atom stereocenters. The highest BCUT2D eigenvalue weighted by molar-refractivity contribution is 6.72. The smallest absolute Gasteiger partial charge is 0.301 e. The van der Waals surface area contributed by atoms with Crippen LogP contribution in [0.4, 0.5) is 17.1 Å². The van der Waals surface area contributed by atoms with E-state index in [4.69, 9.17) is 0 Å². The molecular formula is C26H25N5O2. The Kier molecular flexibility index (Phi) is 6.59. The maximum atomic E-state index is 13.2. The van der Waals surface area contributed by atoms with Crippen LogP contribution < -0.4 is 15.2 Å². The molecule has 2 amide bonds. The highest BCUT2D eigenvalue weighted by Crippen LogP contribution is 2.23. The molecule has 0 fully saturated rings. The Balaban J connectivity index is 1.67. The van der Waals surface area contributed by atoms with Gasteiger partial charge in [-0.25, -0.2) is 4.99 Å². The van der Waals surface area contributed by atoms with E-state index >= 15 is 0 Å². The van der Waals surface area contributed by atoms with Gasteiger partial charge in [-0.1, -0.05) is 36.4 Å². The van der Waals surface area contributed by atoms with E-state index in [9.17, 15) is 9.59 Å². The van der Waals surface area contributed by atoms with Crippen molar-refractivity contribution in [2.24, 2.45) is 10.1 Å². The van der Waals surface area contributed by atoms with Crippen LogP contribution in [0.5, 0.6) is 0 Å². The van der Waals surface area contributed by atoms with Gasteiger partial charge in [-0.15, -0.1) is 5.10 Å². The van der Waals surface area contributed by atoms with Crippen molar-refractivity contribution in [2.75, 3.05) is 23.0 Å². The van der Waals surface area contributed by atoms with Crippen molar-refractivity contribution in [3.63, 3.8) is 0 Å². The average Bonchev–Trinajstić information content (AvgIpc) is 3.16. The molecule has 7 nitrogen and oxygen atoms in total. The molecule has 3 aromatic rings. The molecule has 1 N–H and O–H groups in total. The Morgan fingerprint density at radius 2 is 1.52 bits per heavy atom. The molecule has 33 heavy (non-hydrogen) atoms. The number of anilines is 2. The molecule has 3 aromatic carbocycles. The molecular weight excluding hydrogens is 414 g/mol. The minimum Gasteiger partial charge on any atom is -0.372 e. The van der Waals surface area contributed by atoms with Crippen molar-refractivity contribution in [2.45, 2.75) is 13.8 Å². The minimum absolute atomic E-state index is 0.0822. The summed E-state index contributed by atoms with van der Waals surface area (Å²) in [4.78, 5) is 32.8. The van der Waals surface area contributed by atoms with Gasteiger partial charge in [-0.2, -0.15) is 5.01 Å². The van der Waals surface area contributed by atoms with E-state index in [0.29, 0.717) is 16.9 Å². The van der Waals surface area contributed by atoms with Crippen molar-refractivity contribution in [1.82, 2.24) is 5.32 Å². The number of nitrogens with zero attached hydrogens (tertiary/aromatic N) is 4. The molecule has 0 radical (unpaired) electrons. The lowest BCUT2D eigenvalue weighted by atomic mass is 10.2. The van der Waals surface area contributed by atoms with Crippen LogP contribution in [0, 0.1) is 0 Å². The van der Waals surface area contributed by atoms with E-state index in [-0.39, 0.29) is 17.5 Å². The first kappa shape index (κ1) is 22.0. The Labute approximate surface area is 193 Å². The molecule has 0 saturated carbocycles. The van der Waals surface area contributed by atoms with Crippen molar-refractivity contribution in [3.8, 4) is 0 Å². The summed E-state index contributed by atoms with van der Waals surface area (Å²) in [5.74, 6) is -0.649. The summed E-state index contributed by atoms with van der Waals surface area (Å²) in [5, 5.41) is 8.39. The number of hydrazone groups is 1. The van der Waals surface area contributed by atoms with E-state index in [1.54, 1.807) is 36.4 Å². The van der Waals surface area contributed by atoms with Gasteiger partial charge in [0.25, 0.3) is 5.91 Å². The van der Waals surface area contributed by atoms with E-state index in [0.717, 1.165) is 18.8 Å². The molecule has 0 aliphatic carbocycles. The van der Waals surface area contributed by atoms with Gasteiger partial charge in [-0.3, -0.25) is 9.59 Å². The van der Waals surface area contributed by atoms with Crippen LogP contribution in [0.15, 0.2) is 95.0 Å². The van der Waals surface area contributed by atoms with E-state index in [1.165, 1.54) is 5.01 Å². The third-order valence-electron chi connectivity index (χ3n) is 5.31. The number of aliphatic imine (C=N–C) groups is 1.